The Morgan fingerprint density at radius 2 is 1.74 bits per heavy atom. The van der Waals surface area contributed by atoms with Crippen molar-refractivity contribution in [1.82, 2.24) is 0 Å². The summed E-state index contributed by atoms with van der Waals surface area (Å²) in [5.74, 6) is 0.133. The summed E-state index contributed by atoms with van der Waals surface area (Å²) in [5, 5.41) is 13.8. The Hall–Kier alpha value is -3.38. The SMILES string of the molecule is CCOc1ccc(N/C=C(/C#N)C(=O)Nc2ccc(Cl)c(C(F)(F)F)c2)cc1OCC. The lowest BCUT2D eigenvalue weighted by atomic mass is 10.2. The van der Waals surface area contributed by atoms with Gasteiger partial charge < -0.3 is 20.1 Å². The normalized spacial score (nSPS) is 11.5. The second-order valence-corrected chi connectivity index (χ2v) is 6.40. The van der Waals surface area contributed by atoms with Crippen molar-refractivity contribution in [3.8, 4) is 17.6 Å². The number of amides is 1. The van der Waals surface area contributed by atoms with Crippen molar-refractivity contribution >= 4 is 28.9 Å². The van der Waals surface area contributed by atoms with Crippen LogP contribution in [0.25, 0.3) is 0 Å². The van der Waals surface area contributed by atoms with E-state index in [1.165, 1.54) is 6.07 Å². The maximum Gasteiger partial charge on any atom is 0.417 e. The molecule has 2 aromatic rings. The van der Waals surface area contributed by atoms with Crippen molar-refractivity contribution in [2.24, 2.45) is 0 Å². The number of hydrogen-bond acceptors (Lipinski definition) is 5. The molecule has 0 saturated carbocycles. The zero-order valence-electron chi connectivity index (χ0n) is 16.6. The molecule has 0 spiro atoms. The molecule has 0 saturated heterocycles. The van der Waals surface area contributed by atoms with Crippen molar-refractivity contribution in [1.29, 1.82) is 5.26 Å². The summed E-state index contributed by atoms with van der Waals surface area (Å²) < 4.78 is 49.9. The van der Waals surface area contributed by atoms with Crippen LogP contribution in [-0.2, 0) is 11.0 Å². The molecule has 1 amide bonds. The predicted molar refractivity (Wildman–Crippen MR) is 111 cm³/mol. The topological polar surface area (TPSA) is 83.4 Å². The standard InChI is InChI=1S/C21H19ClF3N3O3/c1-3-30-18-8-6-14(10-19(18)31-4-2)27-12-13(11-26)20(29)28-15-5-7-17(22)16(9-15)21(23,24)25/h5-10,12,27H,3-4H2,1-2H3,(H,28,29)/b13-12-. The molecule has 0 unspecified atom stereocenters. The van der Waals surface area contributed by atoms with Crippen molar-refractivity contribution in [2.45, 2.75) is 20.0 Å². The summed E-state index contributed by atoms with van der Waals surface area (Å²) >= 11 is 5.57. The van der Waals surface area contributed by atoms with Gasteiger partial charge in [0.1, 0.15) is 11.6 Å². The Labute approximate surface area is 182 Å². The Balaban J connectivity index is 2.18. The molecule has 31 heavy (non-hydrogen) atoms. The smallest absolute Gasteiger partial charge is 0.417 e. The molecule has 2 N–H and O–H groups in total. The van der Waals surface area contributed by atoms with E-state index in [1.54, 1.807) is 24.3 Å². The third kappa shape index (κ3) is 6.55. The monoisotopic (exact) mass is 453 g/mol. The van der Waals surface area contributed by atoms with E-state index in [1.807, 2.05) is 13.8 Å². The fourth-order valence-corrected chi connectivity index (χ4v) is 2.69. The summed E-state index contributed by atoms with van der Waals surface area (Å²) in [6.07, 6.45) is -3.54. The Kier molecular flexibility index (Phi) is 8.16. The van der Waals surface area contributed by atoms with Crippen LogP contribution < -0.4 is 20.1 Å². The lowest BCUT2D eigenvalue weighted by Crippen LogP contribution is -2.15. The molecule has 0 fully saturated rings. The Morgan fingerprint density at radius 3 is 2.35 bits per heavy atom. The molecule has 6 nitrogen and oxygen atoms in total. The third-order valence-corrected chi connectivity index (χ3v) is 4.15. The molecule has 2 aromatic carbocycles. The zero-order valence-corrected chi connectivity index (χ0v) is 17.4. The predicted octanol–water partition coefficient (Wildman–Crippen LogP) is 5.61. The van der Waals surface area contributed by atoms with E-state index in [4.69, 9.17) is 21.1 Å². The number of carbonyl (C=O) groups is 1. The van der Waals surface area contributed by atoms with Crippen LogP contribution in [-0.4, -0.2) is 19.1 Å². The van der Waals surface area contributed by atoms with Gasteiger partial charge in [0.2, 0.25) is 0 Å². The highest BCUT2D eigenvalue weighted by Gasteiger charge is 2.33. The molecule has 0 bridgehead atoms. The number of nitriles is 1. The molecule has 0 aliphatic carbocycles. The molecular weight excluding hydrogens is 435 g/mol. The molecule has 0 heterocycles. The highest BCUT2D eigenvalue weighted by Crippen LogP contribution is 2.36. The van der Waals surface area contributed by atoms with Crippen LogP contribution >= 0.6 is 11.6 Å². The minimum atomic E-state index is -4.68. The first-order chi connectivity index (χ1) is 14.7. The lowest BCUT2D eigenvalue weighted by molar-refractivity contribution is -0.137. The van der Waals surface area contributed by atoms with Crippen LogP contribution in [0, 0.1) is 11.3 Å². The van der Waals surface area contributed by atoms with Crippen molar-refractivity contribution < 1.29 is 27.4 Å². The van der Waals surface area contributed by atoms with Crippen molar-refractivity contribution in [3.05, 3.63) is 58.8 Å². The number of benzene rings is 2. The Bertz CT molecular complexity index is 1020. The first-order valence-electron chi connectivity index (χ1n) is 9.14. The second-order valence-electron chi connectivity index (χ2n) is 5.99. The van der Waals surface area contributed by atoms with E-state index in [9.17, 15) is 23.2 Å². The van der Waals surface area contributed by atoms with Crippen LogP contribution in [0.15, 0.2) is 48.2 Å². The van der Waals surface area contributed by atoms with Gasteiger partial charge in [0, 0.05) is 23.6 Å². The van der Waals surface area contributed by atoms with Gasteiger partial charge in [-0.1, -0.05) is 11.6 Å². The highest BCUT2D eigenvalue weighted by atomic mass is 35.5. The average molecular weight is 454 g/mol. The molecule has 0 radical (unpaired) electrons. The summed E-state index contributed by atoms with van der Waals surface area (Å²) in [5.41, 5.74) is -1.08. The molecule has 0 atom stereocenters. The van der Waals surface area contributed by atoms with Crippen LogP contribution in [0.1, 0.15) is 19.4 Å². The van der Waals surface area contributed by atoms with Crippen LogP contribution in [0.3, 0.4) is 0 Å². The summed E-state index contributed by atoms with van der Waals surface area (Å²) in [4.78, 5) is 12.3. The van der Waals surface area contributed by atoms with E-state index in [0.29, 0.717) is 36.5 Å². The van der Waals surface area contributed by atoms with Gasteiger partial charge >= 0.3 is 6.18 Å². The molecule has 10 heteroatoms. The van der Waals surface area contributed by atoms with Gasteiger partial charge in [-0.2, -0.15) is 18.4 Å². The maximum atomic E-state index is 13.0. The summed E-state index contributed by atoms with van der Waals surface area (Å²) in [6, 6.07) is 9.58. The van der Waals surface area contributed by atoms with E-state index in [-0.39, 0.29) is 11.3 Å². The molecule has 164 valence electrons. The summed E-state index contributed by atoms with van der Waals surface area (Å²) in [7, 11) is 0. The maximum absolute atomic E-state index is 13.0. The fourth-order valence-electron chi connectivity index (χ4n) is 2.46. The van der Waals surface area contributed by atoms with E-state index in [2.05, 4.69) is 10.6 Å². The van der Waals surface area contributed by atoms with Gasteiger partial charge in [-0.25, -0.2) is 0 Å². The van der Waals surface area contributed by atoms with Crippen LogP contribution in [0.2, 0.25) is 5.02 Å². The number of anilines is 2. The van der Waals surface area contributed by atoms with Gasteiger partial charge in [0.15, 0.2) is 11.5 Å². The minimum absolute atomic E-state index is 0.150. The molecule has 0 aliphatic heterocycles. The number of hydrogen-bond donors (Lipinski definition) is 2. The number of rotatable bonds is 8. The van der Waals surface area contributed by atoms with E-state index < -0.39 is 22.7 Å². The highest BCUT2D eigenvalue weighted by molar-refractivity contribution is 6.31. The largest absolute Gasteiger partial charge is 0.490 e. The first-order valence-corrected chi connectivity index (χ1v) is 9.51. The summed E-state index contributed by atoms with van der Waals surface area (Å²) in [6.45, 7) is 4.51. The quantitative estimate of drug-likeness (QED) is 0.400. The van der Waals surface area contributed by atoms with Gasteiger partial charge in [0.05, 0.1) is 23.8 Å². The van der Waals surface area contributed by atoms with Crippen molar-refractivity contribution in [3.63, 3.8) is 0 Å². The van der Waals surface area contributed by atoms with Gasteiger partial charge in [-0.15, -0.1) is 0 Å². The molecule has 0 aromatic heterocycles. The molecule has 2 rings (SSSR count). The van der Waals surface area contributed by atoms with E-state index in [0.717, 1.165) is 12.3 Å². The van der Waals surface area contributed by atoms with Crippen LogP contribution in [0.4, 0.5) is 24.5 Å². The zero-order chi connectivity index (χ0) is 23.0. The van der Waals surface area contributed by atoms with Gasteiger partial charge in [-0.3, -0.25) is 4.79 Å². The Morgan fingerprint density at radius 1 is 1.10 bits per heavy atom. The lowest BCUT2D eigenvalue weighted by Gasteiger charge is -2.13. The number of carbonyl (C=O) groups excluding carboxylic acids is 1. The van der Waals surface area contributed by atoms with Crippen LogP contribution in [0.5, 0.6) is 11.5 Å². The molecular formula is C21H19ClF3N3O3. The number of ether oxygens (including phenoxy) is 2. The van der Waals surface area contributed by atoms with Crippen molar-refractivity contribution in [2.75, 3.05) is 23.8 Å². The first kappa shape index (κ1) is 23.9. The van der Waals surface area contributed by atoms with Gasteiger partial charge in [0.25, 0.3) is 5.91 Å². The van der Waals surface area contributed by atoms with E-state index >= 15 is 0 Å². The minimum Gasteiger partial charge on any atom is -0.490 e. The fraction of sp³-hybridized carbons (Fsp3) is 0.238. The number of alkyl halides is 3. The second kappa shape index (κ2) is 10.6. The van der Waals surface area contributed by atoms with Gasteiger partial charge in [-0.05, 0) is 44.2 Å². The molecule has 0 aliphatic rings. The third-order valence-electron chi connectivity index (χ3n) is 3.82. The number of nitrogens with zero attached hydrogens (tertiary/aromatic N) is 1. The average Bonchev–Trinajstić information content (AvgIpc) is 2.71. The number of nitrogens with one attached hydrogen (secondary N) is 2. The number of halogens is 4.